The highest BCUT2D eigenvalue weighted by molar-refractivity contribution is 5.94. The van der Waals surface area contributed by atoms with Crippen LogP contribution in [0.1, 0.15) is 28.9 Å². The lowest BCUT2D eigenvalue weighted by Crippen LogP contribution is -2.23. The highest BCUT2D eigenvalue weighted by Crippen LogP contribution is 2.35. The van der Waals surface area contributed by atoms with Gasteiger partial charge in [-0.05, 0) is 6.08 Å². The summed E-state index contributed by atoms with van der Waals surface area (Å²) in [5.41, 5.74) is 2.92. The first-order valence-corrected chi connectivity index (χ1v) is 6.19. The van der Waals surface area contributed by atoms with E-state index < -0.39 is 35.2 Å². The molecule has 2 unspecified atom stereocenters. The first-order valence-electron chi connectivity index (χ1n) is 6.19. The summed E-state index contributed by atoms with van der Waals surface area (Å²) in [6.45, 7) is 1.68. The van der Waals surface area contributed by atoms with Crippen molar-refractivity contribution in [2.75, 3.05) is 0 Å². The molecule has 0 spiro atoms. The predicted octanol–water partition coefficient (Wildman–Crippen LogP) is 1.84. The summed E-state index contributed by atoms with van der Waals surface area (Å²) >= 11 is 0. The third-order valence-electron chi connectivity index (χ3n) is 3.30. The number of amides is 1. The van der Waals surface area contributed by atoms with Gasteiger partial charge in [0.05, 0.1) is 17.2 Å². The lowest BCUT2D eigenvalue weighted by molar-refractivity contribution is -0.138. The van der Waals surface area contributed by atoms with Crippen molar-refractivity contribution in [2.45, 2.75) is 19.1 Å². The van der Waals surface area contributed by atoms with E-state index in [0.29, 0.717) is 6.20 Å². The largest absolute Gasteiger partial charge is 0.478 e. The van der Waals surface area contributed by atoms with E-state index in [9.17, 15) is 22.8 Å². The molecule has 9 heteroatoms. The summed E-state index contributed by atoms with van der Waals surface area (Å²) in [4.78, 5) is 25.9. The SMILES string of the molecule is CC1C=NC(C(N)=O)=CC1n1cc(C(=O)O)c(C(F)(F)F)c1. The van der Waals surface area contributed by atoms with Gasteiger partial charge in [0.2, 0.25) is 0 Å². The third kappa shape index (κ3) is 2.87. The molecule has 118 valence electrons. The van der Waals surface area contributed by atoms with E-state index >= 15 is 0 Å². The lowest BCUT2D eigenvalue weighted by atomic mass is 9.99. The third-order valence-corrected chi connectivity index (χ3v) is 3.30. The molecule has 22 heavy (non-hydrogen) atoms. The number of hydrogen-bond acceptors (Lipinski definition) is 3. The first kappa shape index (κ1) is 15.8. The molecule has 6 nitrogen and oxygen atoms in total. The van der Waals surface area contributed by atoms with Gasteiger partial charge in [0, 0.05) is 24.5 Å². The Morgan fingerprint density at radius 3 is 2.45 bits per heavy atom. The molecule has 0 saturated heterocycles. The standard InChI is InChI=1S/C13H12F3N3O3/c1-6-3-18-9(11(17)20)2-10(6)19-4-7(12(21)22)8(5-19)13(14,15)16/h2-6,10H,1H3,(H2,17,20)(H,21,22). The Morgan fingerprint density at radius 1 is 1.36 bits per heavy atom. The van der Waals surface area contributed by atoms with Crippen LogP contribution in [0.2, 0.25) is 0 Å². The van der Waals surface area contributed by atoms with Crippen molar-refractivity contribution in [3.05, 3.63) is 35.3 Å². The minimum Gasteiger partial charge on any atom is -0.478 e. The Hall–Kier alpha value is -2.58. The minimum absolute atomic E-state index is 0.0813. The van der Waals surface area contributed by atoms with Crippen molar-refractivity contribution in [3.8, 4) is 0 Å². The monoisotopic (exact) mass is 315 g/mol. The number of hydrogen-bond donors (Lipinski definition) is 2. The van der Waals surface area contributed by atoms with Gasteiger partial charge in [0.25, 0.3) is 5.91 Å². The summed E-state index contributed by atoms with van der Waals surface area (Å²) in [6, 6.07) is -0.686. The van der Waals surface area contributed by atoms with E-state index in [4.69, 9.17) is 10.8 Å². The number of rotatable bonds is 3. The van der Waals surface area contributed by atoms with Crippen LogP contribution >= 0.6 is 0 Å². The fraction of sp³-hybridized carbons (Fsp3) is 0.308. The maximum atomic E-state index is 12.9. The van der Waals surface area contributed by atoms with Crippen molar-refractivity contribution in [1.29, 1.82) is 0 Å². The molecule has 0 radical (unpaired) electrons. The number of halogens is 3. The molecule has 1 aliphatic heterocycles. The van der Waals surface area contributed by atoms with Crippen LogP contribution < -0.4 is 5.73 Å². The van der Waals surface area contributed by atoms with Crippen molar-refractivity contribution < 1.29 is 27.9 Å². The van der Waals surface area contributed by atoms with Gasteiger partial charge < -0.3 is 15.4 Å². The number of primary amides is 1. The zero-order valence-electron chi connectivity index (χ0n) is 11.3. The van der Waals surface area contributed by atoms with Crippen LogP contribution in [0.3, 0.4) is 0 Å². The number of carboxylic acid groups (broad SMARTS) is 1. The number of nitrogens with zero attached hydrogens (tertiary/aromatic N) is 2. The number of aliphatic imine (C=N–C) groups is 1. The molecule has 2 atom stereocenters. The fourth-order valence-electron chi connectivity index (χ4n) is 2.19. The molecule has 0 fully saturated rings. The van der Waals surface area contributed by atoms with Crippen LogP contribution in [0.4, 0.5) is 13.2 Å². The summed E-state index contributed by atoms with van der Waals surface area (Å²) in [7, 11) is 0. The second-order valence-corrected chi connectivity index (χ2v) is 4.88. The molecule has 0 aliphatic carbocycles. The second kappa shape index (κ2) is 5.32. The quantitative estimate of drug-likeness (QED) is 0.890. The topological polar surface area (TPSA) is 97.7 Å². The van der Waals surface area contributed by atoms with E-state index in [-0.39, 0.29) is 11.6 Å². The molecule has 1 aromatic heterocycles. The van der Waals surface area contributed by atoms with Crippen LogP contribution in [0.15, 0.2) is 29.2 Å². The van der Waals surface area contributed by atoms with Crippen molar-refractivity contribution in [3.63, 3.8) is 0 Å². The fourth-order valence-corrected chi connectivity index (χ4v) is 2.19. The molecule has 1 amide bonds. The summed E-state index contributed by atoms with van der Waals surface area (Å²) in [6.07, 6.45) is -0.488. The molecule has 0 aromatic carbocycles. The Labute approximate surface area is 122 Å². The van der Waals surface area contributed by atoms with E-state index in [2.05, 4.69) is 4.99 Å². The van der Waals surface area contributed by atoms with E-state index in [1.165, 1.54) is 12.3 Å². The lowest BCUT2D eigenvalue weighted by Gasteiger charge is -2.23. The summed E-state index contributed by atoms with van der Waals surface area (Å²) < 4.78 is 39.8. The van der Waals surface area contributed by atoms with E-state index in [1.54, 1.807) is 6.92 Å². The summed E-state index contributed by atoms with van der Waals surface area (Å²) in [5, 5.41) is 8.92. The van der Waals surface area contributed by atoms with Crippen LogP contribution in [-0.2, 0) is 11.0 Å². The number of allylic oxidation sites excluding steroid dienone is 1. The highest BCUT2D eigenvalue weighted by atomic mass is 19.4. The van der Waals surface area contributed by atoms with Gasteiger partial charge in [-0.1, -0.05) is 6.92 Å². The number of nitrogens with two attached hydrogens (primary N) is 1. The van der Waals surface area contributed by atoms with Gasteiger partial charge in [0.1, 0.15) is 5.70 Å². The van der Waals surface area contributed by atoms with Crippen LogP contribution in [0, 0.1) is 5.92 Å². The molecule has 1 aliphatic rings. The zero-order valence-corrected chi connectivity index (χ0v) is 11.3. The predicted molar refractivity (Wildman–Crippen MR) is 70.4 cm³/mol. The number of alkyl halides is 3. The van der Waals surface area contributed by atoms with Gasteiger partial charge in [-0.25, -0.2) is 4.79 Å². The Morgan fingerprint density at radius 2 is 2.00 bits per heavy atom. The molecule has 1 aromatic rings. The first-order chi connectivity index (χ1) is 10.1. The minimum atomic E-state index is -4.79. The smallest absolute Gasteiger partial charge is 0.418 e. The van der Waals surface area contributed by atoms with Gasteiger partial charge in [-0.2, -0.15) is 13.2 Å². The van der Waals surface area contributed by atoms with Gasteiger partial charge in [-0.15, -0.1) is 0 Å². The van der Waals surface area contributed by atoms with Crippen LogP contribution in [0.5, 0.6) is 0 Å². The number of carboxylic acids is 1. The van der Waals surface area contributed by atoms with Gasteiger partial charge in [-0.3, -0.25) is 9.79 Å². The Kier molecular flexibility index (Phi) is 3.82. The van der Waals surface area contributed by atoms with Crippen LogP contribution in [0.25, 0.3) is 0 Å². The molecule has 0 bridgehead atoms. The molecule has 2 heterocycles. The van der Waals surface area contributed by atoms with E-state index in [0.717, 1.165) is 10.8 Å². The van der Waals surface area contributed by atoms with Crippen molar-refractivity contribution in [2.24, 2.45) is 16.6 Å². The van der Waals surface area contributed by atoms with Crippen molar-refractivity contribution >= 4 is 18.1 Å². The number of carbonyl (C=O) groups is 2. The van der Waals surface area contributed by atoms with Crippen LogP contribution in [-0.4, -0.2) is 27.8 Å². The highest BCUT2D eigenvalue weighted by Gasteiger charge is 2.38. The zero-order chi connectivity index (χ0) is 16.7. The Balaban J connectivity index is 2.51. The molecule has 2 rings (SSSR count). The molecule has 3 N–H and O–H groups in total. The molecule has 0 saturated carbocycles. The van der Waals surface area contributed by atoms with Gasteiger partial charge >= 0.3 is 12.1 Å². The maximum absolute atomic E-state index is 12.9. The average Bonchev–Trinajstić information content (AvgIpc) is 2.83. The number of aromatic carboxylic acids is 1. The Bertz CT molecular complexity index is 688. The molecular formula is C13H12F3N3O3. The van der Waals surface area contributed by atoms with E-state index in [1.807, 2.05) is 0 Å². The second-order valence-electron chi connectivity index (χ2n) is 4.88. The average molecular weight is 315 g/mol. The normalized spacial score (nSPS) is 21.5. The number of aromatic nitrogens is 1. The number of carbonyl (C=O) groups excluding carboxylic acids is 1. The van der Waals surface area contributed by atoms with Gasteiger partial charge in [0.15, 0.2) is 0 Å². The summed E-state index contributed by atoms with van der Waals surface area (Å²) in [5.74, 6) is -2.82. The maximum Gasteiger partial charge on any atom is 0.418 e. The van der Waals surface area contributed by atoms with Crippen molar-refractivity contribution in [1.82, 2.24) is 4.57 Å². The molecular weight excluding hydrogens is 303 g/mol.